The molecule has 0 atom stereocenters. The highest BCUT2D eigenvalue weighted by atomic mass is 16.3. The molecule has 0 aromatic heterocycles. The largest absolute Gasteiger partial charge is 0.507 e. The number of hydrogen-bond acceptors (Lipinski definition) is 3. The van der Waals surface area contributed by atoms with Crippen molar-refractivity contribution in [3.05, 3.63) is 77.4 Å². The van der Waals surface area contributed by atoms with Gasteiger partial charge in [-0.25, -0.2) is 0 Å². The summed E-state index contributed by atoms with van der Waals surface area (Å²) in [6.07, 6.45) is 2.27. The molecule has 1 saturated carbocycles. The van der Waals surface area contributed by atoms with Gasteiger partial charge in [-0.05, 0) is 19.8 Å². The summed E-state index contributed by atoms with van der Waals surface area (Å²) >= 11 is 0. The van der Waals surface area contributed by atoms with Crippen molar-refractivity contribution in [3.63, 3.8) is 0 Å². The Kier molecular flexibility index (Phi) is 3.87. The van der Waals surface area contributed by atoms with Crippen LogP contribution in [0.25, 0.3) is 5.76 Å². The Morgan fingerprint density at radius 1 is 0.957 bits per heavy atom. The van der Waals surface area contributed by atoms with Crippen LogP contribution >= 0.6 is 0 Å². The molecule has 0 bridgehead atoms. The summed E-state index contributed by atoms with van der Waals surface area (Å²) in [5.74, 6) is -0.567. The van der Waals surface area contributed by atoms with Gasteiger partial charge in [0.1, 0.15) is 5.76 Å². The predicted octanol–water partition coefficient (Wildman–Crippen LogP) is 4.13. The van der Waals surface area contributed by atoms with Crippen molar-refractivity contribution >= 4 is 17.3 Å². The molecule has 0 amide bonds. The van der Waals surface area contributed by atoms with E-state index in [-0.39, 0.29) is 17.3 Å². The van der Waals surface area contributed by atoms with Crippen molar-refractivity contribution in [1.82, 2.24) is 0 Å². The molecule has 0 aliphatic heterocycles. The molecule has 23 heavy (non-hydrogen) atoms. The normalized spacial score (nSPS) is 16.0. The summed E-state index contributed by atoms with van der Waals surface area (Å²) in [4.78, 5) is 25.1. The van der Waals surface area contributed by atoms with E-state index >= 15 is 0 Å². The molecule has 3 nitrogen and oxygen atoms in total. The standard InChI is InChI=1S/C20H18O3/c1-14-7-9-15(10-8-14)17(21)13-18(22)20(11-12-20)19(23)16-5-3-2-4-6-16/h2-10,13,21H,11-12H2,1H3/b17-13-. The maximum Gasteiger partial charge on any atom is 0.176 e. The van der Waals surface area contributed by atoms with Gasteiger partial charge in [-0.2, -0.15) is 0 Å². The highest BCUT2D eigenvalue weighted by Gasteiger charge is 2.55. The lowest BCUT2D eigenvalue weighted by molar-refractivity contribution is -0.117. The van der Waals surface area contributed by atoms with Crippen molar-refractivity contribution in [2.75, 3.05) is 0 Å². The second-order valence-corrected chi connectivity index (χ2v) is 6.04. The van der Waals surface area contributed by atoms with Gasteiger partial charge in [0, 0.05) is 17.2 Å². The number of allylic oxidation sites excluding steroid dienone is 1. The molecule has 1 aliphatic carbocycles. The van der Waals surface area contributed by atoms with Crippen molar-refractivity contribution < 1.29 is 14.7 Å². The van der Waals surface area contributed by atoms with Crippen LogP contribution in [0.4, 0.5) is 0 Å². The fourth-order valence-corrected chi connectivity index (χ4v) is 2.65. The van der Waals surface area contributed by atoms with E-state index in [1.807, 2.05) is 25.1 Å². The molecule has 1 fully saturated rings. The first-order chi connectivity index (χ1) is 11.0. The third-order valence-electron chi connectivity index (χ3n) is 4.31. The number of benzene rings is 2. The maximum absolute atomic E-state index is 12.6. The van der Waals surface area contributed by atoms with Crippen molar-refractivity contribution in [2.24, 2.45) is 5.41 Å². The zero-order chi connectivity index (χ0) is 16.4. The van der Waals surface area contributed by atoms with Gasteiger partial charge in [0.05, 0.1) is 5.41 Å². The van der Waals surface area contributed by atoms with Crippen LogP contribution in [0.5, 0.6) is 0 Å². The number of aliphatic hydroxyl groups is 1. The summed E-state index contributed by atoms with van der Waals surface area (Å²) in [6, 6.07) is 16.1. The number of aliphatic hydroxyl groups excluding tert-OH is 1. The Morgan fingerprint density at radius 3 is 2.13 bits per heavy atom. The van der Waals surface area contributed by atoms with Gasteiger partial charge in [0.2, 0.25) is 0 Å². The van der Waals surface area contributed by atoms with Crippen LogP contribution in [-0.4, -0.2) is 16.7 Å². The summed E-state index contributed by atoms with van der Waals surface area (Å²) in [5.41, 5.74) is 1.21. The minimum atomic E-state index is -0.986. The molecule has 0 unspecified atom stereocenters. The molecule has 116 valence electrons. The van der Waals surface area contributed by atoms with Crippen LogP contribution in [-0.2, 0) is 4.79 Å². The third kappa shape index (κ3) is 2.95. The molecular formula is C20H18O3. The van der Waals surface area contributed by atoms with E-state index in [9.17, 15) is 14.7 Å². The average molecular weight is 306 g/mol. The summed E-state index contributed by atoms with van der Waals surface area (Å²) in [7, 11) is 0. The van der Waals surface area contributed by atoms with Crippen molar-refractivity contribution in [2.45, 2.75) is 19.8 Å². The van der Waals surface area contributed by atoms with Crippen molar-refractivity contribution in [3.8, 4) is 0 Å². The molecule has 3 heteroatoms. The monoisotopic (exact) mass is 306 g/mol. The van der Waals surface area contributed by atoms with E-state index in [2.05, 4.69) is 0 Å². The van der Waals surface area contributed by atoms with E-state index < -0.39 is 5.41 Å². The second kappa shape index (κ2) is 5.84. The number of carbonyl (C=O) groups is 2. The number of rotatable bonds is 5. The Bertz CT molecular complexity index is 766. The smallest absolute Gasteiger partial charge is 0.176 e. The number of Topliss-reactive ketones (excluding diaryl/α,β-unsaturated/α-hetero) is 1. The molecule has 0 radical (unpaired) electrons. The molecular weight excluding hydrogens is 288 g/mol. The van der Waals surface area contributed by atoms with E-state index in [0.717, 1.165) is 5.56 Å². The molecule has 0 heterocycles. The maximum atomic E-state index is 12.6. The van der Waals surface area contributed by atoms with Crippen LogP contribution in [0, 0.1) is 12.3 Å². The lowest BCUT2D eigenvalue weighted by atomic mass is 9.90. The fourth-order valence-electron chi connectivity index (χ4n) is 2.65. The van der Waals surface area contributed by atoms with E-state index in [1.54, 1.807) is 36.4 Å². The molecule has 3 rings (SSSR count). The Balaban J connectivity index is 1.84. The van der Waals surface area contributed by atoms with Crippen LogP contribution < -0.4 is 0 Å². The van der Waals surface area contributed by atoms with Crippen LogP contribution in [0.2, 0.25) is 0 Å². The van der Waals surface area contributed by atoms with Crippen LogP contribution in [0.3, 0.4) is 0 Å². The van der Waals surface area contributed by atoms with E-state index in [0.29, 0.717) is 24.0 Å². The first-order valence-corrected chi connectivity index (χ1v) is 7.65. The highest BCUT2D eigenvalue weighted by Crippen LogP contribution is 2.49. The minimum Gasteiger partial charge on any atom is -0.507 e. The van der Waals surface area contributed by atoms with E-state index in [1.165, 1.54) is 6.08 Å². The number of carbonyl (C=O) groups excluding carboxylic acids is 2. The lowest BCUT2D eigenvalue weighted by Gasteiger charge is -2.11. The highest BCUT2D eigenvalue weighted by molar-refractivity contribution is 6.21. The molecule has 0 spiro atoms. The van der Waals surface area contributed by atoms with Gasteiger partial charge in [-0.1, -0.05) is 60.2 Å². The minimum absolute atomic E-state index is 0.0952. The van der Waals surface area contributed by atoms with Gasteiger partial charge in [-0.15, -0.1) is 0 Å². The van der Waals surface area contributed by atoms with Gasteiger partial charge >= 0.3 is 0 Å². The Hall–Kier alpha value is -2.68. The van der Waals surface area contributed by atoms with Gasteiger partial charge in [0.25, 0.3) is 0 Å². The topological polar surface area (TPSA) is 54.4 Å². The molecule has 0 saturated heterocycles. The Labute approximate surface area is 135 Å². The van der Waals surface area contributed by atoms with Gasteiger partial charge in [-0.3, -0.25) is 9.59 Å². The summed E-state index contributed by atoms with van der Waals surface area (Å²) in [5, 5.41) is 10.2. The molecule has 2 aromatic carbocycles. The zero-order valence-electron chi connectivity index (χ0n) is 13.0. The van der Waals surface area contributed by atoms with E-state index in [4.69, 9.17) is 0 Å². The average Bonchev–Trinajstić information content (AvgIpc) is 3.37. The zero-order valence-corrected chi connectivity index (χ0v) is 13.0. The Morgan fingerprint density at radius 2 is 1.57 bits per heavy atom. The quantitative estimate of drug-likeness (QED) is 0.391. The second-order valence-electron chi connectivity index (χ2n) is 6.04. The molecule has 1 aliphatic rings. The van der Waals surface area contributed by atoms with Gasteiger partial charge in [0.15, 0.2) is 11.6 Å². The molecule has 1 N–H and O–H groups in total. The summed E-state index contributed by atoms with van der Waals surface area (Å²) in [6.45, 7) is 1.95. The number of aryl methyl sites for hydroxylation is 1. The number of hydrogen-bond donors (Lipinski definition) is 1. The first kappa shape index (κ1) is 15.2. The lowest BCUT2D eigenvalue weighted by Crippen LogP contribution is -2.24. The number of ketones is 2. The molecule has 2 aromatic rings. The van der Waals surface area contributed by atoms with Gasteiger partial charge < -0.3 is 5.11 Å². The fraction of sp³-hybridized carbons (Fsp3) is 0.200. The predicted molar refractivity (Wildman–Crippen MR) is 89.2 cm³/mol. The third-order valence-corrected chi connectivity index (χ3v) is 4.31. The van der Waals surface area contributed by atoms with Crippen LogP contribution in [0.1, 0.15) is 34.3 Å². The van der Waals surface area contributed by atoms with Crippen LogP contribution in [0.15, 0.2) is 60.7 Å². The SMILES string of the molecule is Cc1ccc(/C(O)=C/C(=O)C2(C(=O)c3ccccc3)CC2)cc1. The summed E-state index contributed by atoms with van der Waals surface area (Å²) < 4.78 is 0. The van der Waals surface area contributed by atoms with Crippen molar-refractivity contribution in [1.29, 1.82) is 0 Å². The first-order valence-electron chi connectivity index (χ1n) is 7.65.